The highest BCUT2D eigenvalue weighted by molar-refractivity contribution is 5.80. The van der Waals surface area contributed by atoms with Gasteiger partial charge in [0.2, 0.25) is 5.88 Å². The molecule has 2 aromatic carbocycles. The maximum Gasteiger partial charge on any atom is 0.218 e. The van der Waals surface area contributed by atoms with E-state index in [0.717, 1.165) is 57.0 Å². The monoisotopic (exact) mass is 459 g/mol. The van der Waals surface area contributed by atoms with Crippen molar-refractivity contribution in [3.8, 4) is 5.88 Å². The van der Waals surface area contributed by atoms with Crippen LogP contribution >= 0.6 is 0 Å². The summed E-state index contributed by atoms with van der Waals surface area (Å²) in [5.41, 5.74) is 5.85. The van der Waals surface area contributed by atoms with Crippen LogP contribution in [0.15, 0.2) is 48.5 Å². The summed E-state index contributed by atoms with van der Waals surface area (Å²) in [6, 6.07) is 17.7. The molecule has 5 heteroatoms. The lowest BCUT2D eigenvalue weighted by Crippen LogP contribution is -2.48. The van der Waals surface area contributed by atoms with E-state index in [-0.39, 0.29) is 6.10 Å². The van der Waals surface area contributed by atoms with E-state index in [1.165, 1.54) is 40.5 Å². The largest absolute Gasteiger partial charge is 0.473 e. The number of aryl methyl sites for hydroxylation is 2. The molecule has 2 aliphatic heterocycles. The zero-order valence-corrected chi connectivity index (χ0v) is 20.5. The second-order valence-corrected chi connectivity index (χ2v) is 10.1. The third-order valence-corrected chi connectivity index (χ3v) is 7.60. The lowest BCUT2D eigenvalue weighted by atomic mass is 9.98. The van der Waals surface area contributed by atoms with Crippen LogP contribution in [0.25, 0.3) is 10.9 Å². The number of aromatic nitrogens is 1. The van der Waals surface area contributed by atoms with Gasteiger partial charge >= 0.3 is 0 Å². The molecule has 0 aliphatic carbocycles. The fraction of sp³-hybridized carbons (Fsp3) is 0.483. The first-order chi connectivity index (χ1) is 16.5. The number of hydrogen-bond donors (Lipinski definition) is 1. The predicted octanol–water partition coefficient (Wildman–Crippen LogP) is 4.85. The Labute approximate surface area is 203 Å². The number of aliphatic hydroxyl groups is 1. The number of ether oxygens (including phenoxy) is 1. The number of hydrogen-bond acceptors (Lipinski definition) is 5. The summed E-state index contributed by atoms with van der Waals surface area (Å²) in [6.45, 7) is 9.92. The molecule has 2 fully saturated rings. The summed E-state index contributed by atoms with van der Waals surface area (Å²) in [5.74, 6) is 0.756. The molecule has 0 radical (unpaired) electrons. The van der Waals surface area contributed by atoms with Gasteiger partial charge in [-0.25, -0.2) is 4.98 Å². The Kier molecular flexibility index (Phi) is 7.14. The van der Waals surface area contributed by atoms with E-state index in [4.69, 9.17) is 9.72 Å². The lowest BCUT2D eigenvalue weighted by molar-refractivity contribution is 0.0374. The van der Waals surface area contributed by atoms with Gasteiger partial charge in [0.1, 0.15) is 6.61 Å². The molecule has 2 saturated heterocycles. The molecule has 5 nitrogen and oxygen atoms in total. The summed E-state index contributed by atoms with van der Waals surface area (Å²) in [4.78, 5) is 10.1. The molecule has 3 heterocycles. The minimum absolute atomic E-state index is 0.0986. The van der Waals surface area contributed by atoms with Gasteiger partial charge in [0, 0.05) is 36.6 Å². The number of aliphatic hydroxyl groups excluding tert-OH is 1. The standard InChI is InChI=1S/C29H37N3O2/c1-21-7-8-28-24(17-21)18-25(29(30-28)34-20-23-6-4-3-5-22(23)2)19-31-13-9-26(10-14-31)32-15-11-27(33)12-16-32/h3-8,17-18,26-27,33H,9-16,19-20H2,1-2H3. The van der Waals surface area contributed by atoms with Gasteiger partial charge in [-0.05, 0) is 81.9 Å². The highest BCUT2D eigenvalue weighted by atomic mass is 16.5. The number of piperidine rings is 2. The Morgan fingerprint density at radius 1 is 0.912 bits per heavy atom. The highest BCUT2D eigenvalue weighted by Crippen LogP contribution is 2.28. The summed E-state index contributed by atoms with van der Waals surface area (Å²) in [6.07, 6.45) is 4.12. The van der Waals surface area contributed by atoms with Gasteiger partial charge in [0.15, 0.2) is 0 Å². The summed E-state index contributed by atoms with van der Waals surface area (Å²) in [5, 5.41) is 11.0. The normalized spacial score (nSPS) is 19.0. The van der Waals surface area contributed by atoms with Crippen LogP contribution in [0.5, 0.6) is 5.88 Å². The first-order valence-corrected chi connectivity index (χ1v) is 12.8. The first kappa shape index (κ1) is 23.3. The molecule has 0 saturated carbocycles. The Morgan fingerprint density at radius 2 is 1.68 bits per heavy atom. The van der Waals surface area contributed by atoms with Gasteiger partial charge in [0.25, 0.3) is 0 Å². The number of fused-ring (bicyclic) bond motifs is 1. The molecule has 1 N–H and O–H groups in total. The third kappa shape index (κ3) is 5.43. The molecular formula is C29H37N3O2. The van der Waals surface area contributed by atoms with Crippen molar-refractivity contribution >= 4 is 10.9 Å². The van der Waals surface area contributed by atoms with Crippen molar-refractivity contribution in [3.63, 3.8) is 0 Å². The number of rotatable bonds is 6. The summed E-state index contributed by atoms with van der Waals surface area (Å²) in [7, 11) is 0. The average molecular weight is 460 g/mol. The van der Waals surface area contributed by atoms with Gasteiger partial charge in [-0.2, -0.15) is 0 Å². The maximum absolute atomic E-state index is 9.83. The smallest absolute Gasteiger partial charge is 0.218 e. The third-order valence-electron chi connectivity index (χ3n) is 7.60. The van der Waals surface area contributed by atoms with E-state index < -0.39 is 0 Å². The van der Waals surface area contributed by atoms with Gasteiger partial charge in [0.05, 0.1) is 11.6 Å². The van der Waals surface area contributed by atoms with Crippen molar-refractivity contribution in [1.29, 1.82) is 0 Å². The summed E-state index contributed by atoms with van der Waals surface area (Å²) >= 11 is 0. The Balaban J connectivity index is 1.30. The predicted molar refractivity (Wildman–Crippen MR) is 137 cm³/mol. The molecule has 3 aromatic rings. The van der Waals surface area contributed by atoms with Crippen molar-refractivity contribution in [1.82, 2.24) is 14.8 Å². The van der Waals surface area contributed by atoms with Gasteiger partial charge in [-0.3, -0.25) is 4.90 Å². The minimum Gasteiger partial charge on any atom is -0.473 e. The molecule has 180 valence electrons. The zero-order valence-electron chi connectivity index (χ0n) is 20.5. The number of nitrogens with zero attached hydrogens (tertiary/aromatic N) is 3. The van der Waals surface area contributed by atoms with E-state index >= 15 is 0 Å². The quantitative estimate of drug-likeness (QED) is 0.571. The second kappa shape index (κ2) is 10.4. The Hall–Kier alpha value is -2.47. The van der Waals surface area contributed by atoms with Crippen molar-refractivity contribution in [2.24, 2.45) is 0 Å². The van der Waals surface area contributed by atoms with E-state index in [0.29, 0.717) is 12.6 Å². The fourth-order valence-corrected chi connectivity index (χ4v) is 5.41. The number of likely N-dealkylation sites (tertiary alicyclic amines) is 2. The SMILES string of the molecule is Cc1ccc2nc(OCc3ccccc3C)c(CN3CCC(N4CCC(O)CC4)CC3)cc2c1. The minimum atomic E-state index is -0.0986. The summed E-state index contributed by atoms with van der Waals surface area (Å²) < 4.78 is 6.34. The lowest BCUT2D eigenvalue weighted by Gasteiger charge is -2.41. The number of pyridine rings is 1. The van der Waals surface area contributed by atoms with E-state index in [1.54, 1.807) is 0 Å². The van der Waals surface area contributed by atoms with Crippen molar-refractivity contribution in [3.05, 3.63) is 70.8 Å². The van der Waals surface area contributed by atoms with Crippen molar-refractivity contribution in [2.75, 3.05) is 26.2 Å². The Morgan fingerprint density at radius 3 is 2.44 bits per heavy atom. The van der Waals surface area contributed by atoms with Crippen LogP contribution in [0.3, 0.4) is 0 Å². The van der Waals surface area contributed by atoms with Crippen LogP contribution in [0.4, 0.5) is 0 Å². The highest BCUT2D eigenvalue weighted by Gasteiger charge is 2.28. The van der Waals surface area contributed by atoms with Crippen molar-refractivity contribution < 1.29 is 9.84 Å². The average Bonchev–Trinajstić information content (AvgIpc) is 2.85. The molecule has 0 amide bonds. The number of benzene rings is 2. The van der Waals surface area contributed by atoms with E-state index in [1.807, 2.05) is 0 Å². The van der Waals surface area contributed by atoms with Crippen LogP contribution in [-0.2, 0) is 13.2 Å². The van der Waals surface area contributed by atoms with Gasteiger partial charge < -0.3 is 14.7 Å². The molecular weight excluding hydrogens is 422 g/mol. The first-order valence-electron chi connectivity index (χ1n) is 12.8. The molecule has 5 rings (SSSR count). The fourth-order valence-electron chi connectivity index (χ4n) is 5.41. The van der Waals surface area contributed by atoms with Crippen molar-refractivity contribution in [2.45, 2.75) is 64.8 Å². The topological polar surface area (TPSA) is 48.8 Å². The van der Waals surface area contributed by atoms with Crippen LogP contribution in [0.2, 0.25) is 0 Å². The molecule has 1 aromatic heterocycles. The van der Waals surface area contributed by atoms with Gasteiger partial charge in [-0.1, -0.05) is 35.9 Å². The Bertz CT molecular complexity index is 1120. The molecule has 34 heavy (non-hydrogen) atoms. The molecule has 0 bridgehead atoms. The van der Waals surface area contributed by atoms with Crippen LogP contribution < -0.4 is 4.74 Å². The molecule has 2 aliphatic rings. The van der Waals surface area contributed by atoms with Crippen LogP contribution in [-0.4, -0.2) is 58.2 Å². The van der Waals surface area contributed by atoms with E-state index in [2.05, 4.69) is 72.2 Å². The molecule has 0 atom stereocenters. The molecule has 0 unspecified atom stereocenters. The van der Waals surface area contributed by atoms with Crippen LogP contribution in [0.1, 0.15) is 47.9 Å². The maximum atomic E-state index is 9.83. The molecule has 0 spiro atoms. The van der Waals surface area contributed by atoms with Crippen LogP contribution in [0, 0.1) is 13.8 Å². The van der Waals surface area contributed by atoms with Gasteiger partial charge in [-0.15, -0.1) is 0 Å². The second-order valence-electron chi connectivity index (χ2n) is 10.1. The zero-order chi connectivity index (χ0) is 23.5. The van der Waals surface area contributed by atoms with E-state index in [9.17, 15) is 5.11 Å².